The fourth-order valence-corrected chi connectivity index (χ4v) is 3.42. The molecule has 0 radical (unpaired) electrons. The Morgan fingerprint density at radius 3 is 2.56 bits per heavy atom. The Bertz CT molecular complexity index is 905. The van der Waals surface area contributed by atoms with Gasteiger partial charge in [-0.25, -0.2) is 0 Å². The molecule has 0 spiro atoms. The van der Waals surface area contributed by atoms with E-state index in [0.29, 0.717) is 10.6 Å². The van der Waals surface area contributed by atoms with Gasteiger partial charge in [-0.05, 0) is 47.9 Å². The third kappa shape index (κ3) is 4.18. The molecule has 2 aromatic rings. The maximum atomic E-state index is 12.9. The molecule has 5 heteroatoms. The number of fused-ring (bicyclic) bond motifs is 1. The number of thiophene rings is 1. The molecule has 25 heavy (non-hydrogen) atoms. The van der Waals surface area contributed by atoms with Gasteiger partial charge in [-0.1, -0.05) is 43.1 Å². The van der Waals surface area contributed by atoms with Crippen LogP contribution in [0.5, 0.6) is 0 Å². The first-order valence-electron chi connectivity index (χ1n) is 7.68. The molecule has 0 saturated carbocycles. The van der Waals surface area contributed by atoms with Crippen molar-refractivity contribution >= 4 is 56.4 Å². The zero-order valence-electron chi connectivity index (χ0n) is 14.2. The number of benzene rings is 1. The first kappa shape index (κ1) is 19.0. The van der Waals surface area contributed by atoms with E-state index in [0.717, 1.165) is 15.6 Å². The number of thiocarbonyl (C=S) groups is 1. The number of hydrogen-bond donors (Lipinski definition) is 0. The zero-order chi connectivity index (χ0) is 18.6. The third-order valence-corrected chi connectivity index (χ3v) is 5.14. The fraction of sp³-hybridized carbons (Fsp3) is 0.150. The molecule has 0 N–H and O–H groups in total. The number of carbonyl (C=O) groups is 2. The predicted molar refractivity (Wildman–Crippen MR) is 110 cm³/mol. The molecule has 0 aliphatic heterocycles. The van der Waals surface area contributed by atoms with E-state index >= 15 is 0 Å². The average molecular weight is 370 g/mol. The number of nitrogens with zero attached hydrogens (tertiary/aromatic N) is 1. The minimum atomic E-state index is -0.435. The van der Waals surface area contributed by atoms with Crippen molar-refractivity contribution in [2.24, 2.45) is 0 Å². The molecule has 128 valence electrons. The summed E-state index contributed by atoms with van der Waals surface area (Å²) in [6, 6.07) is 7.87. The van der Waals surface area contributed by atoms with Gasteiger partial charge in [0.15, 0.2) is 5.78 Å². The molecule has 1 aromatic heterocycles. The van der Waals surface area contributed by atoms with Crippen molar-refractivity contribution in [3.8, 4) is 0 Å². The maximum Gasteiger partial charge on any atom is 0.262 e. The van der Waals surface area contributed by atoms with Crippen molar-refractivity contribution in [2.45, 2.75) is 13.8 Å². The van der Waals surface area contributed by atoms with Crippen LogP contribution in [0.3, 0.4) is 0 Å². The second kappa shape index (κ2) is 8.14. The van der Waals surface area contributed by atoms with E-state index in [-0.39, 0.29) is 17.9 Å². The number of amides is 1. The lowest BCUT2D eigenvalue weighted by Crippen LogP contribution is -2.38. The summed E-state index contributed by atoms with van der Waals surface area (Å²) in [7, 11) is 0. The Balaban J connectivity index is 2.50. The van der Waals surface area contributed by atoms with Crippen LogP contribution in [0.4, 0.5) is 0 Å². The molecule has 1 amide bonds. The summed E-state index contributed by atoms with van der Waals surface area (Å²) in [5.74, 6) is -0.741. The highest BCUT2D eigenvalue weighted by molar-refractivity contribution is 7.80. The summed E-state index contributed by atoms with van der Waals surface area (Å²) < 4.78 is 1.10. The molecule has 1 aromatic carbocycles. The van der Waals surface area contributed by atoms with Crippen LogP contribution in [0.15, 0.2) is 60.0 Å². The predicted octanol–water partition coefficient (Wildman–Crippen LogP) is 4.79. The molecule has 0 fully saturated rings. The van der Waals surface area contributed by atoms with Crippen LogP contribution in [0.2, 0.25) is 0 Å². The highest BCUT2D eigenvalue weighted by Gasteiger charge is 2.24. The molecule has 0 atom stereocenters. The van der Waals surface area contributed by atoms with Gasteiger partial charge in [0.25, 0.3) is 5.91 Å². The Labute approximate surface area is 157 Å². The van der Waals surface area contributed by atoms with Crippen molar-refractivity contribution in [3.05, 3.63) is 65.6 Å². The molecule has 3 nitrogen and oxygen atoms in total. The van der Waals surface area contributed by atoms with Crippen molar-refractivity contribution < 1.29 is 9.59 Å². The zero-order valence-corrected chi connectivity index (χ0v) is 15.9. The molecular weight excluding hydrogens is 350 g/mol. The Morgan fingerprint density at radius 2 is 1.96 bits per heavy atom. The summed E-state index contributed by atoms with van der Waals surface area (Å²) in [6.45, 7) is 10.8. The van der Waals surface area contributed by atoms with Crippen molar-refractivity contribution in [3.63, 3.8) is 0 Å². The SMILES string of the molecule is C=CCN(C(=O)/C(=C/c1csc2ccccc12)C(C)=O)C(=S)C(=C)C. The Kier molecular flexibility index (Phi) is 6.17. The van der Waals surface area contributed by atoms with Gasteiger partial charge in [0.05, 0.1) is 5.57 Å². The smallest absolute Gasteiger partial charge is 0.262 e. The maximum absolute atomic E-state index is 12.9. The molecular formula is C20H19NO2S2. The van der Waals surface area contributed by atoms with Gasteiger partial charge < -0.3 is 0 Å². The lowest BCUT2D eigenvalue weighted by molar-refractivity contribution is -0.125. The largest absolute Gasteiger partial charge is 0.295 e. The van der Waals surface area contributed by atoms with Crippen molar-refractivity contribution in [2.75, 3.05) is 6.54 Å². The highest BCUT2D eigenvalue weighted by atomic mass is 32.1. The van der Waals surface area contributed by atoms with Crippen molar-refractivity contribution in [1.82, 2.24) is 4.90 Å². The lowest BCUT2D eigenvalue weighted by atomic mass is 10.1. The van der Waals surface area contributed by atoms with Crippen LogP contribution in [0, 0.1) is 0 Å². The van der Waals surface area contributed by atoms with Gasteiger partial charge in [0.2, 0.25) is 0 Å². The Hall–Kier alpha value is -2.37. The summed E-state index contributed by atoms with van der Waals surface area (Å²) >= 11 is 6.87. The first-order valence-corrected chi connectivity index (χ1v) is 8.97. The van der Waals surface area contributed by atoms with E-state index < -0.39 is 5.91 Å². The van der Waals surface area contributed by atoms with E-state index in [9.17, 15) is 9.59 Å². The minimum Gasteiger partial charge on any atom is -0.295 e. The Morgan fingerprint density at radius 1 is 1.28 bits per heavy atom. The number of ketones is 1. The van der Waals surface area contributed by atoms with Crippen LogP contribution in [-0.2, 0) is 9.59 Å². The average Bonchev–Trinajstić information content (AvgIpc) is 2.99. The number of hydrogen-bond acceptors (Lipinski definition) is 4. The quantitative estimate of drug-likeness (QED) is 0.241. The number of Topliss-reactive ketones (excluding diaryl/α,β-unsaturated/α-hetero) is 1. The molecule has 0 saturated heterocycles. The van der Waals surface area contributed by atoms with Crippen LogP contribution >= 0.6 is 23.6 Å². The van der Waals surface area contributed by atoms with E-state index in [2.05, 4.69) is 13.2 Å². The highest BCUT2D eigenvalue weighted by Crippen LogP contribution is 2.28. The lowest BCUT2D eigenvalue weighted by Gasteiger charge is -2.22. The van der Waals surface area contributed by atoms with Gasteiger partial charge in [0, 0.05) is 11.2 Å². The first-order chi connectivity index (χ1) is 11.9. The van der Waals surface area contributed by atoms with Gasteiger partial charge >= 0.3 is 0 Å². The van der Waals surface area contributed by atoms with Gasteiger partial charge in [0.1, 0.15) is 4.99 Å². The monoisotopic (exact) mass is 369 g/mol. The van der Waals surface area contributed by atoms with Crippen LogP contribution in [0.25, 0.3) is 16.2 Å². The summed E-state index contributed by atoms with van der Waals surface area (Å²) in [5, 5.41) is 2.95. The molecule has 1 heterocycles. The fourth-order valence-electron chi connectivity index (χ4n) is 2.34. The van der Waals surface area contributed by atoms with Crippen LogP contribution in [-0.4, -0.2) is 28.1 Å². The third-order valence-electron chi connectivity index (χ3n) is 3.59. The minimum absolute atomic E-state index is 0.0917. The van der Waals surface area contributed by atoms with Crippen LogP contribution < -0.4 is 0 Å². The normalized spacial score (nSPS) is 11.2. The molecule has 0 aliphatic rings. The summed E-state index contributed by atoms with van der Waals surface area (Å²) in [5.41, 5.74) is 1.53. The number of carbonyl (C=O) groups excluding carboxylic acids is 2. The molecule has 0 bridgehead atoms. The van der Waals surface area contributed by atoms with E-state index in [1.54, 1.807) is 30.4 Å². The van der Waals surface area contributed by atoms with E-state index in [1.165, 1.54) is 11.8 Å². The molecule has 0 unspecified atom stereocenters. The number of rotatable bonds is 6. The molecule has 0 aliphatic carbocycles. The van der Waals surface area contributed by atoms with Crippen LogP contribution in [0.1, 0.15) is 19.4 Å². The second-order valence-electron chi connectivity index (χ2n) is 5.59. The summed E-state index contributed by atoms with van der Waals surface area (Å²) in [6.07, 6.45) is 3.21. The standard InChI is InChI=1S/C20H19NO2S2/c1-5-10-21(20(24)13(2)3)19(23)17(14(4)22)11-15-12-25-18-9-7-6-8-16(15)18/h5-9,11-12H,1-2,10H2,3-4H3/b17-11+. The van der Waals surface area contributed by atoms with Crippen molar-refractivity contribution in [1.29, 1.82) is 0 Å². The second-order valence-corrected chi connectivity index (χ2v) is 6.89. The van der Waals surface area contributed by atoms with E-state index in [4.69, 9.17) is 12.2 Å². The van der Waals surface area contributed by atoms with Gasteiger partial charge in [-0.3, -0.25) is 14.5 Å². The van der Waals surface area contributed by atoms with Gasteiger partial charge in [-0.15, -0.1) is 17.9 Å². The van der Waals surface area contributed by atoms with E-state index in [1.807, 2.05) is 29.6 Å². The summed E-state index contributed by atoms with van der Waals surface area (Å²) in [4.78, 5) is 26.8. The topological polar surface area (TPSA) is 37.4 Å². The molecule has 2 rings (SSSR count). The van der Waals surface area contributed by atoms with Gasteiger partial charge in [-0.2, -0.15) is 0 Å².